The lowest BCUT2D eigenvalue weighted by atomic mass is 9.73. The number of aromatic nitrogens is 2. The van der Waals surface area contributed by atoms with E-state index in [0.717, 1.165) is 24.2 Å². The van der Waals surface area contributed by atoms with Crippen LogP contribution >= 0.6 is 27.5 Å². The standard InChI is InChI=1S/C18H21BrClN3O3/c1-23-17(24)16(19)14(10-22-23)21-11-18(5-7-26-8-6-18)13-9-12(20)3-4-15(13)25-2/h3-4,9-10,21H,5-8,11H2,1-2H3. The highest BCUT2D eigenvalue weighted by Crippen LogP contribution is 2.41. The Kier molecular flexibility index (Phi) is 5.89. The molecule has 1 aliphatic rings. The monoisotopic (exact) mass is 441 g/mol. The minimum Gasteiger partial charge on any atom is -0.496 e. The van der Waals surface area contributed by atoms with Crippen LogP contribution in [0.2, 0.25) is 5.02 Å². The maximum Gasteiger partial charge on any atom is 0.282 e. The van der Waals surface area contributed by atoms with Crippen molar-refractivity contribution in [3.63, 3.8) is 0 Å². The molecule has 0 radical (unpaired) electrons. The Morgan fingerprint density at radius 2 is 2.15 bits per heavy atom. The van der Waals surface area contributed by atoms with Crippen LogP contribution in [0, 0.1) is 0 Å². The predicted molar refractivity (Wildman–Crippen MR) is 105 cm³/mol. The van der Waals surface area contributed by atoms with Crippen LogP contribution in [0.15, 0.2) is 33.7 Å². The normalized spacial score (nSPS) is 16.3. The largest absolute Gasteiger partial charge is 0.496 e. The van der Waals surface area contributed by atoms with E-state index in [0.29, 0.717) is 34.9 Å². The molecule has 6 nitrogen and oxygen atoms in total. The van der Waals surface area contributed by atoms with E-state index in [1.165, 1.54) is 4.68 Å². The Morgan fingerprint density at radius 3 is 2.85 bits per heavy atom. The highest BCUT2D eigenvalue weighted by atomic mass is 79.9. The number of hydrogen-bond donors (Lipinski definition) is 1. The van der Waals surface area contributed by atoms with E-state index >= 15 is 0 Å². The van der Waals surface area contributed by atoms with Gasteiger partial charge in [-0.25, -0.2) is 4.68 Å². The molecule has 140 valence electrons. The van der Waals surface area contributed by atoms with Gasteiger partial charge in [-0.1, -0.05) is 11.6 Å². The molecule has 0 aliphatic carbocycles. The van der Waals surface area contributed by atoms with E-state index in [1.807, 2.05) is 18.2 Å². The Bertz CT molecular complexity index is 850. The first-order valence-electron chi connectivity index (χ1n) is 8.34. The first-order valence-corrected chi connectivity index (χ1v) is 9.51. The fourth-order valence-corrected chi connectivity index (χ4v) is 3.97. The summed E-state index contributed by atoms with van der Waals surface area (Å²) in [6.45, 7) is 1.93. The molecular weight excluding hydrogens is 422 g/mol. The van der Waals surface area contributed by atoms with Gasteiger partial charge in [0.25, 0.3) is 5.56 Å². The highest BCUT2D eigenvalue weighted by molar-refractivity contribution is 9.10. The van der Waals surface area contributed by atoms with Crippen molar-refractivity contribution in [1.29, 1.82) is 0 Å². The maximum atomic E-state index is 12.1. The molecule has 1 fully saturated rings. The van der Waals surface area contributed by atoms with Crippen LogP contribution in [-0.4, -0.2) is 36.6 Å². The number of halogens is 2. The summed E-state index contributed by atoms with van der Waals surface area (Å²) in [7, 11) is 3.28. The second kappa shape index (κ2) is 7.98. The lowest BCUT2D eigenvalue weighted by Gasteiger charge is -2.39. The van der Waals surface area contributed by atoms with E-state index < -0.39 is 0 Å². The van der Waals surface area contributed by atoms with Crippen LogP contribution in [0.1, 0.15) is 18.4 Å². The van der Waals surface area contributed by atoms with E-state index in [9.17, 15) is 4.79 Å². The molecule has 1 aromatic heterocycles. The van der Waals surface area contributed by atoms with Crippen molar-refractivity contribution in [3.8, 4) is 5.75 Å². The van der Waals surface area contributed by atoms with Gasteiger partial charge in [-0.05, 0) is 47.0 Å². The number of aryl methyl sites for hydroxylation is 1. The van der Waals surface area contributed by atoms with Crippen LogP contribution in [0.25, 0.3) is 0 Å². The third kappa shape index (κ3) is 3.75. The number of rotatable bonds is 5. The summed E-state index contributed by atoms with van der Waals surface area (Å²) < 4.78 is 12.9. The van der Waals surface area contributed by atoms with Crippen molar-refractivity contribution in [1.82, 2.24) is 9.78 Å². The first-order chi connectivity index (χ1) is 12.5. The number of anilines is 1. The van der Waals surface area contributed by atoms with Crippen LogP contribution < -0.4 is 15.6 Å². The fourth-order valence-electron chi connectivity index (χ4n) is 3.30. The summed E-state index contributed by atoms with van der Waals surface area (Å²) >= 11 is 9.63. The zero-order valence-electron chi connectivity index (χ0n) is 14.7. The Hall–Kier alpha value is -1.57. The van der Waals surface area contributed by atoms with Crippen LogP contribution in [0.5, 0.6) is 5.75 Å². The molecule has 26 heavy (non-hydrogen) atoms. The van der Waals surface area contributed by atoms with Gasteiger partial charge in [0.2, 0.25) is 0 Å². The predicted octanol–water partition coefficient (Wildman–Crippen LogP) is 3.37. The average molecular weight is 443 g/mol. The molecule has 0 bridgehead atoms. The minimum absolute atomic E-state index is 0.184. The Balaban J connectivity index is 1.96. The quantitative estimate of drug-likeness (QED) is 0.769. The summed E-state index contributed by atoms with van der Waals surface area (Å²) in [5, 5.41) is 8.14. The van der Waals surface area contributed by atoms with Crippen molar-refractivity contribution in [2.75, 3.05) is 32.2 Å². The number of nitrogens with zero attached hydrogens (tertiary/aromatic N) is 2. The van der Waals surface area contributed by atoms with E-state index in [-0.39, 0.29) is 11.0 Å². The van der Waals surface area contributed by atoms with Crippen molar-refractivity contribution in [2.45, 2.75) is 18.3 Å². The number of hydrogen-bond acceptors (Lipinski definition) is 5. The van der Waals surface area contributed by atoms with Gasteiger partial charge in [0.15, 0.2) is 0 Å². The minimum atomic E-state index is -0.213. The third-order valence-corrected chi connectivity index (χ3v) is 5.88. The van der Waals surface area contributed by atoms with E-state index in [2.05, 4.69) is 26.3 Å². The molecule has 0 amide bonds. The van der Waals surface area contributed by atoms with Crippen molar-refractivity contribution >= 4 is 33.2 Å². The Labute approximate surface area is 165 Å². The van der Waals surface area contributed by atoms with E-state index in [4.69, 9.17) is 21.1 Å². The van der Waals surface area contributed by atoms with Crippen molar-refractivity contribution in [2.24, 2.45) is 7.05 Å². The van der Waals surface area contributed by atoms with Crippen molar-refractivity contribution < 1.29 is 9.47 Å². The molecule has 1 aliphatic heterocycles. The van der Waals surface area contributed by atoms with Crippen LogP contribution in [0.3, 0.4) is 0 Å². The molecular formula is C18H21BrClN3O3. The molecule has 0 unspecified atom stereocenters. The van der Waals surface area contributed by atoms with Gasteiger partial charge in [0, 0.05) is 42.8 Å². The molecule has 1 saturated heterocycles. The summed E-state index contributed by atoms with van der Waals surface area (Å²) in [5.41, 5.74) is 1.32. The third-order valence-electron chi connectivity index (χ3n) is 4.88. The molecule has 2 heterocycles. The summed E-state index contributed by atoms with van der Waals surface area (Å²) in [6.07, 6.45) is 3.30. The second-order valence-electron chi connectivity index (χ2n) is 6.39. The molecule has 1 aromatic carbocycles. The number of nitrogens with one attached hydrogen (secondary N) is 1. The SMILES string of the molecule is COc1ccc(Cl)cc1C1(CNc2cnn(C)c(=O)c2Br)CCOCC1. The lowest BCUT2D eigenvalue weighted by Crippen LogP contribution is -2.40. The Morgan fingerprint density at radius 1 is 1.42 bits per heavy atom. The fraction of sp³-hybridized carbons (Fsp3) is 0.444. The number of methoxy groups -OCH3 is 1. The smallest absolute Gasteiger partial charge is 0.282 e. The summed E-state index contributed by atoms with van der Waals surface area (Å²) in [4.78, 5) is 12.1. The molecule has 2 aromatic rings. The summed E-state index contributed by atoms with van der Waals surface area (Å²) in [5.74, 6) is 0.805. The number of benzene rings is 1. The topological polar surface area (TPSA) is 65.4 Å². The maximum absolute atomic E-state index is 12.1. The second-order valence-corrected chi connectivity index (χ2v) is 7.62. The molecule has 0 atom stereocenters. The zero-order valence-corrected chi connectivity index (χ0v) is 17.1. The molecule has 0 spiro atoms. The lowest BCUT2D eigenvalue weighted by molar-refractivity contribution is 0.0536. The van der Waals surface area contributed by atoms with Gasteiger partial charge in [-0.3, -0.25) is 4.79 Å². The van der Waals surface area contributed by atoms with Crippen molar-refractivity contribution in [3.05, 3.63) is 49.8 Å². The average Bonchev–Trinajstić information content (AvgIpc) is 2.66. The summed E-state index contributed by atoms with van der Waals surface area (Å²) in [6, 6.07) is 5.68. The molecule has 1 N–H and O–H groups in total. The molecule has 3 rings (SSSR count). The zero-order chi connectivity index (χ0) is 18.7. The van der Waals surface area contributed by atoms with Crippen LogP contribution in [-0.2, 0) is 17.2 Å². The van der Waals surface area contributed by atoms with E-state index in [1.54, 1.807) is 20.4 Å². The molecule has 8 heteroatoms. The number of ether oxygens (including phenoxy) is 2. The van der Waals surface area contributed by atoms with Gasteiger partial charge in [0.05, 0.1) is 19.0 Å². The highest BCUT2D eigenvalue weighted by Gasteiger charge is 2.37. The molecule has 0 saturated carbocycles. The van der Waals surface area contributed by atoms with Gasteiger partial charge in [-0.15, -0.1) is 0 Å². The van der Waals surface area contributed by atoms with Gasteiger partial charge < -0.3 is 14.8 Å². The van der Waals surface area contributed by atoms with Gasteiger partial charge >= 0.3 is 0 Å². The van der Waals surface area contributed by atoms with Crippen LogP contribution in [0.4, 0.5) is 5.69 Å². The first kappa shape index (κ1) is 19.2. The van der Waals surface area contributed by atoms with Gasteiger partial charge in [-0.2, -0.15) is 5.10 Å². The van der Waals surface area contributed by atoms with Gasteiger partial charge in [0.1, 0.15) is 10.2 Å².